The largest absolute Gasteiger partial charge is 0.396 e. The average Bonchev–Trinajstić information content (AvgIpc) is 2.65. The summed E-state index contributed by atoms with van der Waals surface area (Å²) in [5, 5.41) is 12.5. The van der Waals surface area contributed by atoms with E-state index in [0.717, 1.165) is 21.2 Å². The van der Waals surface area contributed by atoms with Crippen LogP contribution in [0.4, 0.5) is 5.69 Å². The molecule has 6 heteroatoms. The predicted molar refractivity (Wildman–Crippen MR) is 76.0 cm³/mol. The topological polar surface area (TPSA) is 80.9 Å². The summed E-state index contributed by atoms with van der Waals surface area (Å²) in [6.07, 6.45) is 0. The van der Waals surface area contributed by atoms with E-state index in [9.17, 15) is 9.90 Å². The van der Waals surface area contributed by atoms with Gasteiger partial charge in [0.05, 0.1) is 16.7 Å². The van der Waals surface area contributed by atoms with Gasteiger partial charge in [-0.2, -0.15) is 0 Å². The number of aliphatic hydroxyl groups is 1. The molecular formula is C12H16BrN3O2. The van der Waals surface area contributed by atoms with Gasteiger partial charge in [-0.15, -0.1) is 0 Å². The van der Waals surface area contributed by atoms with Crippen LogP contribution in [0.5, 0.6) is 0 Å². The predicted octanol–water partition coefficient (Wildman–Crippen LogP) is 2.05. The molecule has 0 spiro atoms. The number of anilines is 1. The van der Waals surface area contributed by atoms with Crippen LogP contribution >= 0.6 is 15.9 Å². The van der Waals surface area contributed by atoms with Gasteiger partial charge < -0.3 is 20.4 Å². The second kappa shape index (κ2) is 4.78. The minimum atomic E-state index is -0.218. The third-order valence-electron chi connectivity index (χ3n) is 2.79. The van der Waals surface area contributed by atoms with E-state index in [1.54, 1.807) is 0 Å². The number of nitrogens with one attached hydrogen (secondary N) is 3. The van der Waals surface area contributed by atoms with Gasteiger partial charge in [0, 0.05) is 23.0 Å². The van der Waals surface area contributed by atoms with Gasteiger partial charge in [-0.1, -0.05) is 13.8 Å². The molecule has 1 aromatic carbocycles. The number of fused-ring (bicyclic) bond motifs is 1. The van der Waals surface area contributed by atoms with Gasteiger partial charge in [0.1, 0.15) is 0 Å². The number of aromatic nitrogens is 2. The van der Waals surface area contributed by atoms with Crippen molar-refractivity contribution >= 4 is 32.7 Å². The van der Waals surface area contributed by atoms with Gasteiger partial charge >= 0.3 is 5.69 Å². The fraction of sp³-hybridized carbons (Fsp3) is 0.417. The first-order valence-electron chi connectivity index (χ1n) is 5.67. The summed E-state index contributed by atoms with van der Waals surface area (Å²) in [6.45, 7) is 4.71. The quantitative estimate of drug-likeness (QED) is 0.697. The first-order valence-corrected chi connectivity index (χ1v) is 6.47. The molecule has 1 aromatic heterocycles. The number of hydrogen-bond donors (Lipinski definition) is 4. The molecule has 0 fully saturated rings. The maximum atomic E-state index is 11.2. The Morgan fingerprint density at radius 2 is 1.94 bits per heavy atom. The van der Waals surface area contributed by atoms with E-state index < -0.39 is 0 Å². The lowest BCUT2D eigenvalue weighted by Crippen LogP contribution is -2.26. The Hall–Kier alpha value is -1.27. The minimum absolute atomic E-state index is 0.112. The lowest BCUT2D eigenvalue weighted by Gasteiger charge is -2.23. The Kier molecular flexibility index (Phi) is 3.49. The van der Waals surface area contributed by atoms with Crippen LogP contribution in [0.25, 0.3) is 11.0 Å². The summed E-state index contributed by atoms with van der Waals surface area (Å²) in [4.78, 5) is 16.6. The van der Waals surface area contributed by atoms with Gasteiger partial charge in [0.15, 0.2) is 0 Å². The molecule has 0 aliphatic carbocycles. The van der Waals surface area contributed by atoms with Crippen LogP contribution in [-0.4, -0.2) is 28.2 Å². The average molecular weight is 314 g/mol. The second-order valence-electron chi connectivity index (χ2n) is 5.13. The van der Waals surface area contributed by atoms with Crippen molar-refractivity contribution in [3.63, 3.8) is 0 Å². The van der Waals surface area contributed by atoms with Crippen LogP contribution in [0.1, 0.15) is 13.8 Å². The van der Waals surface area contributed by atoms with E-state index >= 15 is 0 Å². The number of aromatic amines is 2. The molecule has 2 rings (SSSR count). The number of benzene rings is 1. The first kappa shape index (κ1) is 13.2. The Labute approximate surface area is 113 Å². The van der Waals surface area contributed by atoms with Crippen LogP contribution in [0.2, 0.25) is 0 Å². The molecule has 0 bridgehead atoms. The Bertz CT molecular complexity index is 615. The summed E-state index contributed by atoms with van der Waals surface area (Å²) in [5.74, 6) is 0. The molecule has 5 nitrogen and oxygen atoms in total. The molecule has 0 saturated carbocycles. The molecule has 0 amide bonds. The monoisotopic (exact) mass is 313 g/mol. The Balaban J connectivity index is 2.28. The molecule has 0 saturated heterocycles. The van der Waals surface area contributed by atoms with E-state index in [0.29, 0.717) is 6.54 Å². The molecule has 4 N–H and O–H groups in total. The maximum Gasteiger partial charge on any atom is 0.323 e. The highest BCUT2D eigenvalue weighted by atomic mass is 79.9. The molecule has 0 radical (unpaired) electrons. The van der Waals surface area contributed by atoms with Crippen LogP contribution in [0.3, 0.4) is 0 Å². The number of rotatable bonds is 4. The fourth-order valence-corrected chi connectivity index (χ4v) is 2.07. The van der Waals surface area contributed by atoms with Crippen molar-refractivity contribution in [3.05, 3.63) is 27.1 Å². The first-order chi connectivity index (χ1) is 8.41. The van der Waals surface area contributed by atoms with Crippen molar-refractivity contribution in [2.45, 2.75) is 13.8 Å². The molecule has 1 heterocycles. The summed E-state index contributed by atoms with van der Waals surface area (Å²) < 4.78 is 0.874. The van der Waals surface area contributed by atoms with E-state index in [1.807, 2.05) is 26.0 Å². The third kappa shape index (κ3) is 2.76. The zero-order valence-electron chi connectivity index (χ0n) is 10.3. The van der Waals surface area contributed by atoms with E-state index in [1.165, 1.54) is 0 Å². The van der Waals surface area contributed by atoms with Crippen LogP contribution < -0.4 is 11.0 Å². The van der Waals surface area contributed by atoms with Crippen LogP contribution in [0, 0.1) is 5.41 Å². The van der Waals surface area contributed by atoms with Crippen molar-refractivity contribution in [2.75, 3.05) is 18.5 Å². The highest BCUT2D eigenvalue weighted by Gasteiger charge is 2.16. The zero-order chi connectivity index (χ0) is 13.3. The molecular weight excluding hydrogens is 298 g/mol. The Morgan fingerprint density at radius 1 is 1.33 bits per heavy atom. The lowest BCUT2D eigenvalue weighted by molar-refractivity contribution is 0.171. The molecule has 0 aliphatic heterocycles. The minimum Gasteiger partial charge on any atom is -0.396 e. The SMILES string of the molecule is CC(C)(CO)CNc1cc2[nH]c(=O)[nH]c2cc1Br. The maximum absolute atomic E-state index is 11.2. The lowest BCUT2D eigenvalue weighted by atomic mass is 9.95. The van der Waals surface area contributed by atoms with Gasteiger partial charge in [0.25, 0.3) is 0 Å². The molecule has 0 atom stereocenters. The molecule has 18 heavy (non-hydrogen) atoms. The van der Waals surface area contributed by atoms with Gasteiger partial charge in [-0.05, 0) is 28.1 Å². The molecule has 0 unspecified atom stereocenters. The van der Waals surface area contributed by atoms with Crippen molar-refractivity contribution in [1.29, 1.82) is 0 Å². The number of H-pyrrole nitrogens is 2. The summed E-state index contributed by atoms with van der Waals surface area (Å²) in [6, 6.07) is 3.71. The van der Waals surface area contributed by atoms with E-state index in [4.69, 9.17) is 0 Å². The second-order valence-corrected chi connectivity index (χ2v) is 5.99. The zero-order valence-corrected chi connectivity index (χ0v) is 11.9. The summed E-state index contributed by atoms with van der Waals surface area (Å²) >= 11 is 3.46. The molecule has 2 aromatic rings. The fourth-order valence-electron chi connectivity index (χ4n) is 1.58. The summed E-state index contributed by atoms with van der Waals surface area (Å²) in [7, 11) is 0. The van der Waals surface area contributed by atoms with Gasteiger partial charge in [-0.25, -0.2) is 4.79 Å². The smallest absolute Gasteiger partial charge is 0.323 e. The number of imidazole rings is 1. The van der Waals surface area contributed by atoms with Crippen molar-refractivity contribution in [2.24, 2.45) is 5.41 Å². The van der Waals surface area contributed by atoms with E-state index in [2.05, 4.69) is 31.2 Å². The molecule has 98 valence electrons. The number of aliphatic hydroxyl groups excluding tert-OH is 1. The van der Waals surface area contributed by atoms with Crippen molar-refractivity contribution < 1.29 is 5.11 Å². The standard InChI is InChI=1S/C12H16BrN3O2/c1-12(2,6-17)5-14-8-4-10-9(3-7(8)13)15-11(18)16-10/h3-4,14,17H,5-6H2,1-2H3,(H2,15,16,18). The number of halogens is 1. The highest BCUT2D eigenvalue weighted by Crippen LogP contribution is 2.27. The van der Waals surface area contributed by atoms with Crippen molar-refractivity contribution in [3.8, 4) is 0 Å². The van der Waals surface area contributed by atoms with Crippen molar-refractivity contribution in [1.82, 2.24) is 9.97 Å². The normalized spacial score (nSPS) is 12.0. The highest BCUT2D eigenvalue weighted by molar-refractivity contribution is 9.10. The number of hydrogen-bond acceptors (Lipinski definition) is 3. The third-order valence-corrected chi connectivity index (χ3v) is 3.45. The van der Waals surface area contributed by atoms with Crippen LogP contribution in [0.15, 0.2) is 21.4 Å². The van der Waals surface area contributed by atoms with E-state index in [-0.39, 0.29) is 17.7 Å². The van der Waals surface area contributed by atoms with Gasteiger partial charge in [0.2, 0.25) is 0 Å². The van der Waals surface area contributed by atoms with Gasteiger partial charge in [-0.3, -0.25) is 0 Å². The van der Waals surface area contributed by atoms with Crippen LogP contribution in [-0.2, 0) is 0 Å². The Morgan fingerprint density at radius 3 is 2.56 bits per heavy atom. The molecule has 0 aliphatic rings. The summed E-state index contributed by atoms with van der Waals surface area (Å²) in [5.41, 5.74) is 2.00.